The number of carbonyl (C=O) groups excluding carboxylic acids is 1. The molecular weight excluding hydrogens is 290 g/mol. The first-order valence-electron chi connectivity index (χ1n) is 7.19. The summed E-state index contributed by atoms with van der Waals surface area (Å²) in [6.45, 7) is 4.44. The largest absolute Gasteiger partial charge is 0.344 e. The van der Waals surface area contributed by atoms with Crippen LogP contribution in [-0.2, 0) is 6.54 Å². The monoisotopic (exact) mass is 305 g/mol. The van der Waals surface area contributed by atoms with Crippen molar-refractivity contribution in [3.05, 3.63) is 58.7 Å². The van der Waals surface area contributed by atoms with Crippen LogP contribution in [0.2, 0.25) is 0 Å². The Morgan fingerprint density at radius 1 is 1.26 bits per heavy atom. The van der Waals surface area contributed by atoms with Crippen molar-refractivity contribution in [2.45, 2.75) is 20.4 Å². The number of aromatic nitrogens is 3. The summed E-state index contributed by atoms with van der Waals surface area (Å²) in [7, 11) is 0. The Morgan fingerprint density at radius 2 is 2.00 bits per heavy atom. The fraction of sp³-hybridized carbons (Fsp3) is 0.176. The van der Waals surface area contributed by atoms with Crippen molar-refractivity contribution in [3.63, 3.8) is 0 Å². The lowest BCUT2D eigenvalue weighted by Gasteiger charge is -2.10. The zero-order valence-electron chi connectivity index (χ0n) is 12.9. The Morgan fingerprint density at radius 3 is 2.70 bits per heavy atom. The fourth-order valence-corrected chi connectivity index (χ4v) is 2.50. The number of aryl methyl sites for hydroxylation is 2. The number of nitrogens with zero attached hydrogens (tertiary/aromatic N) is 4. The number of nitriles is 1. The van der Waals surface area contributed by atoms with Gasteiger partial charge in [0, 0.05) is 6.54 Å². The summed E-state index contributed by atoms with van der Waals surface area (Å²) >= 11 is 0. The van der Waals surface area contributed by atoms with Gasteiger partial charge in [0.2, 0.25) is 0 Å². The maximum absolute atomic E-state index is 12.4. The van der Waals surface area contributed by atoms with Crippen LogP contribution in [0.5, 0.6) is 0 Å². The van der Waals surface area contributed by atoms with Crippen LogP contribution in [0.3, 0.4) is 0 Å². The average molecular weight is 305 g/mol. The maximum Gasteiger partial charge on any atom is 0.344 e. The van der Waals surface area contributed by atoms with Crippen LogP contribution in [0.25, 0.3) is 11.0 Å². The van der Waals surface area contributed by atoms with Crippen LogP contribution in [0.4, 0.5) is 4.79 Å². The van der Waals surface area contributed by atoms with E-state index in [1.165, 1.54) is 4.68 Å². The SMILES string of the molecule is Cc1cccc(C)c1CNC(=O)n1nnc2ccc(C#N)cc21. The number of nitrogens with one attached hydrogen (secondary N) is 1. The first kappa shape index (κ1) is 14.7. The molecule has 0 unspecified atom stereocenters. The Bertz CT molecular complexity index is 916. The topological polar surface area (TPSA) is 83.6 Å². The van der Waals surface area contributed by atoms with Gasteiger partial charge < -0.3 is 5.32 Å². The molecular formula is C17H15N5O. The molecule has 6 heteroatoms. The summed E-state index contributed by atoms with van der Waals surface area (Å²) in [5.74, 6) is 0. The minimum absolute atomic E-state index is 0.370. The molecule has 0 radical (unpaired) electrons. The zero-order valence-corrected chi connectivity index (χ0v) is 12.9. The van der Waals surface area contributed by atoms with E-state index in [-0.39, 0.29) is 6.03 Å². The van der Waals surface area contributed by atoms with Crippen LogP contribution in [0.15, 0.2) is 36.4 Å². The first-order chi connectivity index (χ1) is 11.1. The lowest BCUT2D eigenvalue weighted by atomic mass is 10.0. The Labute approximate surface area is 133 Å². The summed E-state index contributed by atoms with van der Waals surface area (Å²) < 4.78 is 1.18. The van der Waals surface area contributed by atoms with E-state index in [1.54, 1.807) is 18.2 Å². The molecule has 0 bridgehead atoms. The van der Waals surface area contributed by atoms with Crippen LogP contribution >= 0.6 is 0 Å². The molecule has 0 saturated heterocycles. The molecule has 0 atom stereocenters. The third-order valence-corrected chi connectivity index (χ3v) is 3.83. The summed E-state index contributed by atoms with van der Waals surface area (Å²) in [5.41, 5.74) is 4.89. The highest BCUT2D eigenvalue weighted by atomic mass is 16.2. The summed E-state index contributed by atoms with van der Waals surface area (Å²) in [6.07, 6.45) is 0. The Hall–Kier alpha value is -3.20. The Kier molecular flexibility index (Phi) is 3.77. The fourth-order valence-electron chi connectivity index (χ4n) is 2.50. The lowest BCUT2D eigenvalue weighted by Crippen LogP contribution is -2.29. The average Bonchev–Trinajstić information content (AvgIpc) is 2.97. The number of fused-ring (bicyclic) bond motifs is 1. The van der Waals surface area contributed by atoms with Gasteiger partial charge >= 0.3 is 6.03 Å². The van der Waals surface area contributed by atoms with Gasteiger partial charge in [-0.1, -0.05) is 23.4 Å². The van der Waals surface area contributed by atoms with E-state index < -0.39 is 0 Å². The van der Waals surface area contributed by atoms with Crippen molar-refractivity contribution >= 4 is 17.1 Å². The molecule has 3 aromatic rings. The highest BCUT2D eigenvalue weighted by Gasteiger charge is 2.13. The number of hydrogen-bond donors (Lipinski definition) is 1. The number of benzene rings is 2. The predicted molar refractivity (Wildman–Crippen MR) is 85.8 cm³/mol. The lowest BCUT2D eigenvalue weighted by molar-refractivity contribution is 0.239. The number of hydrogen-bond acceptors (Lipinski definition) is 4. The molecule has 0 aliphatic carbocycles. The quantitative estimate of drug-likeness (QED) is 0.789. The van der Waals surface area contributed by atoms with Crippen molar-refractivity contribution in [1.29, 1.82) is 5.26 Å². The van der Waals surface area contributed by atoms with Gasteiger partial charge in [0.05, 0.1) is 11.6 Å². The summed E-state index contributed by atoms with van der Waals surface area (Å²) in [5, 5.41) is 19.6. The van der Waals surface area contributed by atoms with Crippen LogP contribution in [-0.4, -0.2) is 21.0 Å². The first-order valence-corrected chi connectivity index (χ1v) is 7.19. The van der Waals surface area contributed by atoms with Gasteiger partial charge in [0.1, 0.15) is 11.0 Å². The van der Waals surface area contributed by atoms with Gasteiger partial charge in [0.15, 0.2) is 0 Å². The molecule has 2 aromatic carbocycles. The molecule has 23 heavy (non-hydrogen) atoms. The van der Waals surface area contributed by atoms with E-state index in [4.69, 9.17) is 5.26 Å². The summed E-state index contributed by atoms with van der Waals surface area (Å²) in [6, 6.07) is 12.6. The van der Waals surface area contributed by atoms with Gasteiger partial charge in [-0.3, -0.25) is 0 Å². The van der Waals surface area contributed by atoms with Crippen molar-refractivity contribution in [1.82, 2.24) is 20.3 Å². The molecule has 0 spiro atoms. The van der Waals surface area contributed by atoms with Crippen LogP contribution < -0.4 is 5.32 Å². The number of carbonyl (C=O) groups is 1. The molecule has 0 aliphatic rings. The van der Waals surface area contributed by atoms with Gasteiger partial charge in [-0.15, -0.1) is 5.10 Å². The smallest absolute Gasteiger partial charge is 0.332 e. The highest BCUT2D eigenvalue weighted by molar-refractivity contribution is 5.88. The second-order valence-electron chi connectivity index (χ2n) is 5.35. The van der Waals surface area contributed by atoms with Crippen molar-refractivity contribution in [3.8, 4) is 6.07 Å². The molecule has 1 amide bonds. The van der Waals surface area contributed by atoms with E-state index in [2.05, 4.69) is 15.6 Å². The standard InChI is InChI=1S/C17H15N5O/c1-11-4-3-5-12(2)14(11)10-19-17(23)22-16-8-13(9-18)6-7-15(16)20-21-22/h3-8H,10H2,1-2H3,(H,19,23). The molecule has 114 valence electrons. The second-order valence-corrected chi connectivity index (χ2v) is 5.35. The third kappa shape index (κ3) is 2.77. The molecule has 6 nitrogen and oxygen atoms in total. The van der Waals surface area contributed by atoms with E-state index >= 15 is 0 Å². The van der Waals surface area contributed by atoms with Crippen LogP contribution in [0, 0.1) is 25.2 Å². The van der Waals surface area contributed by atoms with Gasteiger partial charge in [-0.2, -0.15) is 9.94 Å². The molecule has 0 aliphatic heterocycles. The molecule has 1 heterocycles. The minimum Gasteiger partial charge on any atom is -0.332 e. The van der Waals surface area contributed by atoms with Gasteiger partial charge in [-0.05, 0) is 48.7 Å². The molecule has 1 aromatic heterocycles. The van der Waals surface area contributed by atoms with Crippen molar-refractivity contribution in [2.24, 2.45) is 0 Å². The second kappa shape index (κ2) is 5.89. The summed E-state index contributed by atoms with van der Waals surface area (Å²) in [4.78, 5) is 12.4. The van der Waals surface area contributed by atoms with E-state index in [0.29, 0.717) is 23.1 Å². The molecule has 1 N–H and O–H groups in total. The minimum atomic E-state index is -0.370. The van der Waals surface area contributed by atoms with Crippen LogP contribution in [0.1, 0.15) is 22.3 Å². The highest BCUT2D eigenvalue weighted by Crippen LogP contribution is 2.14. The van der Waals surface area contributed by atoms with E-state index in [1.807, 2.05) is 38.1 Å². The molecule has 0 fully saturated rings. The van der Waals surface area contributed by atoms with Crippen molar-refractivity contribution in [2.75, 3.05) is 0 Å². The zero-order chi connectivity index (χ0) is 16.4. The Balaban J connectivity index is 1.85. The molecule has 3 rings (SSSR count). The van der Waals surface area contributed by atoms with E-state index in [0.717, 1.165) is 16.7 Å². The normalized spacial score (nSPS) is 10.5. The number of amides is 1. The van der Waals surface area contributed by atoms with Gasteiger partial charge in [0.25, 0.3) is 0 Å². The van der Waals surface area contributed by atoms with E-state index in [9.17, 15) is 4.79 Å². The molecule has 0 saturated carbocycles. The van der Waals surface area contributed by atoms with Gasteiger partial charge in [-0.25, -0.2) is 4.79 Å². The number of rotatable bonds is 2. The van der Waals surface area contributed by atoms with Crippen molar-refractivity contribution < 1.29 is 4.79 Å². The third-order valence-electron chi connectivity index (χ3n) is 3.83. The predicted octanol–water partition coefficient (Wildman–Crippen LogP) is 2.68. The maximum atomic E-state index is 12.4.